The van der Waals surface area contributed by atoms with E-state index in [0.29, 0.717) is 13.1 Å². The molecular formula is C26H27FN2O6S. The molecule has 36 heavy (non-hydrogen) atoms. The summed E-state index contributed by atoms with van der Waals surface area (Å²) in [7, 11) is -0.629. The second-order valence-electron chi connectivity index (χ2n) is 8.62. The first-order chi connectivity index (χ1) is 17.1. The molecule has 1 aliphatic heterocycles. The predicted octanol–water partition coefficient (Wildman–Crippen LogP) is 3.78. The Bertz CT molecular complexity index is 1290. The average Bonchev–Trinajstić information content (AvgIpc) is 2.82. The van der Waals surface area contributed by atoms with Gasteiger partial charge in [0.1, 0.15) is 17.3 Å². The molecule has 0 unspecified atom stereocenters. The minimum Gasteiger partial charge on any atom is -0.497 e. The van der Waals surface area contributed by atoms with Crippen LogP contribution in [-0.4, -0.2) is 64.0 Å². The number of halogens is 1. The molecule has 0 saturated carbocycles. The molecule has 0 atom stereocenters. The lowest BCUT2D eigenvalue weighted by atomic mass is 9.92. The van der Waals surface area contributed by atoms with E-state index in [1.54, 1.807) is 14.2 Å². The molecule has 1 aliphatic rings. The molecule has 0 bridgehead atoms. The molecule has 8 nitrogen and oxygen atoms in total. The third-order valence-corrected chi connectivity index (χ3v) is 7.42. The lowest BCUT2D eigenvalue weighted by molar-refractivity contribution is 0.0696. The molecule has 190 valence electrons. The Hall–Kier alpha value is -3.63. The van der Waals surface area contributed by atoms with Crippen molar-refractivity contribution < 1.29 is 32.2 Å². The van der Waals surface area contributed by atoms with Crippen LogP contribution in [0.15, 0.2) is 66.7 Å². The van der Waals surface area contributed by atoms with Gasteiger partial charge < -0.3 is 14.6 Å². The van der Waals surface area contributed by atoms with Crippen molar-refractivity contribution in [3.8, 4) is 11.5 Å². The smallest absolute Gasteiger partial charge is 0.335 e. The van der Waals surface area contributed by atoms with Crippen molar-refractivity contribution in [1.82, 2.24) is 4.90 Å². The average molecular weight is 515 g/mol. The number of nitrogens with zero attached hydrogens (tertiary/aromatic N) is 2. The van der Waals surface area contributed by atoms with Crippen molar-refractivity contribution in [2.45, 2.75) is 12.1 Å². The Labute approximate surface area is 209 Å². The van der Waals surface area contributed by atoms with Gasteiger partial charge in [-0.25, -0.2) is 17.6 Å². The van der Waals surface area contributed by atoms with Crippen molar-refractivity contribution in [2.75, 3.05) is 37.9 Å². The number of hydrogen-bond acceptors (Lipinski definition) is 6. The predicted molar refractivity (Wildman–Crippen MR) is 134 cm³/mol. The van der Waals surface area contributed by atoms with Gasteiger partial charge in [0.2, 0.25) is 10.0 Å². The molecular weight excluding hydrogens is 487 g/mol. The largest absolute Gasteiger partial charge is 0.497 e. The van der Waals surface area contributed by atoms with E-state index in [1.807, 2.05) is 48.5 Å². The highest BCUT2D eigenvalue weighted by atomic mass is 32.2. The van der Waals surface area contributed by atoms with E-state index in [1.165, 1.54) is 6.07 Å². The van der Waals surface area contributed by atoms with Crippen LogP contribution in [0.5, 0.6) is 11.5 Å². The molecule has 4 rings (SSSR count). The van der Waals surface area contributed by atoms with Gasteiger partial charge in [-0.15, -0.1) is 0 Å². The van der Waals surface area contributed by atoms with Gasteiger partial charge in [0.15, 0.2) is 0 Å². The van der Waals surface area contributed by atoms with Gasteiger partial charge in [0.25, 0.3) is 0 Å². The minimum atomic E-state index is -3.82. The van der Waals surface area contributed by atoms with Crippen molar-refractivity contribution in [3.63, 3.8) is 0 Å². The standard InChI is InChI=1S/C26H27FN2O6S/c1-34-23-8-4-17(5-9-23)25(18-6-10-24(35-2)11-7-18)28-15-22(16-28)29(36(3,32)33)21-13-19(26(30)31)12-20(27)14-21/h4-14,22,25H,15-16H2,1-3H3,(H,30,31). The Kier molecular flexibility index (Phi) is 7.18. The Morgan fingerprint density at radius 1 is 0.972 bits per heavy atom. The maximum absolute atomic E-state index is 14.2. The fraction of sp³-hybridized carbons (Fsp3) is 0.269. The lowest BCUT2D eigenvalue weighted by Gasteiger charge is -2.48. The van der Waals surface area contributed by atoms with Gasteiger partial charge in [-0.3, -0.25) is 9.21 Å². The highest BCUT2D eigenvalue weighted by Crippen LogP contribution is 2.37. The van der Waals surface area contributed by atoms with Gasteiger partial charge in [0.05, 0.1) is 43.8 Å². The number of sulfonamides is 1. The fourth-order valence-electron chi connectivity index (χ4n) is 4.53. The number of rotatable bonds is 9. The Balaban J connectivity index is 1.66. The van der Waals surface area contributed by atoms with Crippen LogP contribution in [0.1, 0.15) is 27.5 Å². The summed E-state index contributed by atoms with van der Waals surface area (Å²) in [6, 6.07) is 17.7. The molecule has 0 amide bonds. The summed E-state index contributed by atoms with van der Waals surface area (Å²) >= 11 is 0. The molecule has 0 radical (unpaired) electrons. The van der Waals surface area contributed by atoms with Crippen LogP contribution >= 0.6 is 0 Å². The fourth-order valence-corrected chi connectivity index (χ4v) is 5.69. The zero-order valence-electron chi connectivity index (χ0n) is 20.1. The molecule has 0 aliphatic carbocycles. The van der Waals surface area contributed by atoms with E-state index in [4.69, 9.17) is 9.47 Å². The highest BCUT2D eigenvalue weighted by molar-refractivity contribution is 7.92. The summed E-state index contributed by atoms with van der Waals surface area (Å²) in [4.78, 5) is 13.5. The number of ether oxygens (including phenoxy) is 2. The number of likely N-dealkylation sites (tertiary alicyclic amines) is 1. The third-order valence-electron chi connectivity index (χ3n) is 6.19. The summed E-state index contributed by atoms with van der Waals surface area (Å²) < 4.78 is 51.3. The number of benzene rings is 3. The minimum absolute atomic E-state index is 0.00926. The Morgan fingerprint density at radius 2 is 1.47 bits per heavy atom. The van der Waals surface area contributed by atoms with E-state index in [0.717, 1.165) is 45.3 Å². The van der Waals surface area contributed by atoms with Crippen molar-refractivity contribution in [2.24, 2.45) is 0 Å². The molecule has 0 spiro atoms. The molecule has 0 aromatic heterocycles. The van der Waals surface area contributed by atoms with E-state index in [9.17, 15) is 22.7 Å². The molecule has 1 fully saturated rings. The molecule has 3 aromatic rings. The zero-order chi connectivity index (χ0) is 26.0. The van der Waals surface area contributed by atoms with Gasteiger partial charge in [-0.05, 0) is 53.6 Å². The molecule has 1 N–H and O–H groups in total. The quantitative estimate of drug-likeness (QED) is 0.464. The first kappa shape index (κ1) is 25.5. The van der Waals surface area contributed by atoms with Crippen molar-refractivity contribution >= 4 is 21.7 Å². The number of carboxylic acids is 1. The summed E-state index contributed by atoms with van der Waals surface area (Å²) in [6.07, 6.45) is 1.03. The van der Waals surface area contributed by atoms with E-state index < -0.39 is 27.9 Å². The second-order valence-corrected chi connectivity index (χ2v) is 10.5. The number of carboxylic acid groups (broad SMARTS) is 1. The lowest BCUT2D eigenvalue weighted by Crippen LogP contribution is -2.61. The van der Waals surface area contributed by atoms with Crippen LogP contribution < -0.4 is 13.8 Å². The second kappa shape index (κ2) is 10.2. The summed E-state index contributed by atoms with van der Waals surface area (Å²) in [5.41, 5.74) is 1.66. The van der Waals surface area contributed by atoms with Gasteiger partial charge in [-0.1, -0.05) is 24.3 Å². The number of carbonyl (C=O) groups is 1. The topological polar surface area (TPSA) is 96.4 Å². The number of anilines is 1. The number of methoxy groups -OCH3 is 2. The SMILES string of the molecule is COc1ccc(C(c2ccc(OC)cc2)N2CC(N(c3cc(F)cc(C(=O)O)c3)S(C)(=O)=O)C2)cc1. The number of hydrogen-bond donors (Lipinski definition) is 1. The highest BCUT2D eigenvalue weighted by Gasteiger charge is 2.41. The van der Waals surface area contributed by atoms with Crippen LogP contribution in [0.25, 0.3) is 0 Å². The Morgan fingerprint density at radius 3 is 1.89 bits per heavy atom. The molecule has 1 heterocycles. The number of aromatic carboxylic acids is 1. The third kappa shape index (κ3) is 5.29. The molecule has 10 heteroatoms. The van der Waals surface area contributed by atoms with Crippen LogP contribution in [0.4, 0.5) is 10.1 Å². The normalized spacial score (nSPS) is 14.4. The first-order valence-corrected chi connectivity index (χ1v) is 13.0. The van der Waals surface area contributed by atoms with Crippen LogP contribution in [-0.2, 0) is 10.0 Å². The summed E-state index contributed by atoms with van der Waals surface area (Å²) in [5, 5.41) is 9.31. The molecule has 1 saturated heterocycles. The monoisotopic (exact) mass is 514 g/mol. The summed E-state index contributed by atoms with van der Waals surface area (Å²) in [5.74, 6) is -0.711. The van der Waals surface area contributed by atoms with E-state index >= 15 is 0 Å². The maximum atomic E-state index is 14.2. The van der Waals surface area contributed by atoms with Crippen LogP contribution in [0.2, 0.25) is 0 Å². The first-order valence-electron chi connectivity index (χ1n) is 11.2. The van der Waals surface area contributed by atoms with Gasteiger partial charge >= 0.3 is 5.97 Å². The van der Waals surface area contributed by atoms with E-state index in [-0.39, 0.29) is 17.3 Å². The van der Waals surface area contributed by atoms with Gasteiger partial charge in [-0.2, -0.15) is 0 Å². The van der Waals surface area contributed by atoms with Crippen LogP contribution in [0, 0.1) is 5.82 Å². The van der Waals surface area contributed by atoms with Crippen LogP contribution in [0.3, 0.4) is 0 Å². The van der Waals surface area contributed by atoms with Crippen molar-refractivity contribution in [3.05, 3.63) is 89.2 Å². The maximum Gasteiger partial charge on any atom is 0.335 e. The van der Waals surface area contributed by atoms with Gasteiger partial charge in [0, 0.05) is 13.1 Å². The summed E-state index contributed by atoms with van der Waals surface area (Å²) in [6.45, 7) is 0.712. The van der Waals surface area contributed by atoms with E-state index in [2.05, 4.69) is 4.90 Å². The zero-order valence-corrected chi connectivity index (χ0v) is 20.9. The van der Waals surface area contributed by atoms with Crippen molar-refractivity contribution in [1.29, 1.82) is 0 Å². The molecule has 3 aromatic carbocycles.